The minimum absolute atomic E-state index is 0.0135. The lowest BCUT2D eigenvalue weighted by atomic mass is 9.79. The zero-order valence-corrected chi connectivity index (χ0v) is 29.6. The maximum Gasteiger partial charge on any atom is 0.411 e. The van der Waals surface area contributed by atoms with Gasteiger partial charge in [-0.05, 0) is 62.4 Å². The van der Waals surface area contributed by atoms with Crippen molar-refractivity contribution in [2.75, 3.05) is 26.2 Å². The van der Waals surface area contributed by atoms with Crippen LogP contribution in [0.2, 0.25) is 5.02 Å². The van der Waals surface area contributed by atoms with Crippen molar-refractivity contribution in [3.8, 4) is 0 Å². The Morgan fingerprint density at radius 3 is 2.33 bits per heavy atom. The highest BCUT2D eigenvalue weighted by molar-refractivity contribution is 6.30. The summed E-state index contributed by atoms with van der Waals surface area (Å²) >= 11 is 6.18. The molecule has 262 valence electrons. The van der Waals surface area contributed by atoms with Gasteiger partial charge in [-0.2, -0.15) is 5.10 Å². The lowest BCUT2D eigenvalue weighted by Gasteiger charge is -2.50. The second kappa shape index (κ2) is 14.9. The van der Waals surface area contributed by atoms with Crippen molar-refractivity contribution in [2.45, 2.75) is 102 Å². The van der Waals surface area contributed by atoms with Crippen molar-refractivity contribution in [3.05, 3.63) is 82.9 Å². The maximum absolute atomic E-state index is 14.3. The summed E-state index contributed by atoms with van der Waals surface area (Å²) in [4.78, 5) is 52.1. The molecule has 6 rings (SSSR count). The molecule has 2 aromatic carbocycles. The van der Waals surface area contributed by atoms with Gasteiger partial charge in [0.2, 0.25) is 11.8 Å². The summed E-state index contributed by atoms with van der Waals surface area (Å²) < 4.78 is 7.67. The topological polar surface area (TPSA) is 113 Å². The summed E-state index contributed by atoms with van der Waals surface area (Å²) in [7, 11) is 0. The molecule has 1 N–H and O–H groups in total. The van der Waals surface area contributed by atoms with Crippen LogP contribution < -0.4 is 5.32 Å². The number of hydrogen-bond donors (Lipinski definition) is 1. The number of hydrogen-bond acceptors (Lipinski definition) is 7. The molecule has 2 aliphatic heterocycles. The van der Waals surface area contributed by atoms with Crippen LogP contribution in [0.5, 0.6) is 0 Å². The predicted octanol–water partition coefficient (Wildman–Crippen LogP) is 4.87. The van der Waals surface area contributed by atoms with Gasteiger partial charge in [-0.15, -0.1) is 0 Å². The fourth-order valence-corrected chi connectivity index (χ4v) is 7.74. The third kappa shape index (κ3) is 8.44. The van der Waals surface area contributed by atoms with Gasteiger partial charge in [-0.3, -0.25) is 24.1 Å². The zero-order chi connectivity index (χ0) is 34.6. The zero-order valence-electron chi connectivity index (χ0n) is 28.8. The van der Waals surface area contributed by atoms with E-state index in [4.69, 9.17) is 16.3 Å². The van der Waals surface area contributed by atoms with Crippen LogP contribution in [0.15, 0.2) is 61.2 Å². The molecule has 2 atom stereocenters. The van der Waals surface area contributed by atoms with Crippen molar-refractivity contribution < 1.29 is 19.1 Å². The SMILES string of the molecule is CC(C)(C)OC(=O)N1Cc2ccccc2C[C@@H]1C(=O)N[C@H](Cc1ccc(Cl)cc1)C(=O)N1CCN(C2(Cn3cncn3)CCCCC2)CC1. The Kier molecular flexibility index (Phi) is 10.6. The number of carbonyl (C=O) groups is 3. The van der Waals surface area contributed by atoms with Crippen LogP contribution in [0.25, 0.3) is 0 Å². The monoisotopic (exact) mass is 689 g/mol. The van der Waals surface area contributed by atoms with E-state index in [-0.39, 0.29) is 23.9 Å². The number of ether oxygens (including phenoxy) is 1. The number of benzene rings is 2. The van der Waals surface area contributed by atoms with Gasteiger partial charge < -0.3 is 15.0 Å². The molecule has 1 saturated heterocycles. The minimum atomic E-state index is -0.829. The van der Waals surface area contributed by atoms with Crippen molar-refractivity contribution in [3.63, 3.8) is 0 Å². The second-order valence-corrected chi connectivity index (χ2v) is 15.1. The van der Waals surface area contributed by atoms with E-state index in [0.717, 1.165) is 49.2 Å². The summed E-state index contributed by atoms with van der Waals surface area (Å²) in [5.41, 5.74) is 2.12. The molecular formula is C37H48ClN7O4. The van der Waals surface area contributed by atoms with Crippen molar-refractivity contribution >= 4 is 29.5 Å². The number of rotatable bonds is 8. The Balaban J connectivity index is 1.20. The first-order valence-electron chi connectivity index (χ1n) is 17.5. The van der Waals surface area contributed by atoms with Crippen molar-refractivity contribution in [1.82, 2.24) is 34.8 Å². The van der Waals surface area contributed by atoms with Crippen LogP contribution >= 0.6 is 11.6 Å². The number of halogens is 1. The number of nitrogens with zero attached hydrogens (tertiary/aromatic N) is 6. The Hall–Kier alpha value is -3.96. The molecule has 0 spiro atoms. The quantitative estimate of drug-likeness (QED) is 0.359. The predicted molar refractivity (Wildman–Crippen MR) is 187 cm³/mol. The van der Waals surface area contributed by atoms with Crippen molar-refractivity contribution in [2.24, 2.45) is 0 Å². The van der Waals surface area contributed by atoms with E-state index in [0.29, 0.717) is 31.0 Å². The molecule has 3 amide bonds. The van der Waals surface area contributed by atoms with E-state index in [1.165, 1.54) is 24.2 Å². The first-order chi connectivity index (χ1) is 23.5. The van der Waals surface area contributed by atoms with E-state index in [9.17, 15) is 14.4 Å². The van der Waals surface area contributed by atoms with Crippen molar-refractivity contribution in [1.29, 1.82) is 0 Å². The van der Waals surface area contributed by atoms with Crippen LogP contribution in [0.1, 0.15) is 69.6 Å². The lowest BCUT2D eigenvalue weighted by Crippen LogP contribution is -2.63. The number of nitrogens with one attached hydrogen (secondary N) is 1. The first-order valence-corrected chi connectivity index (χ1v) is 17.8. The smallest absolute Gasteiger partial charge is 0.411 e. The van der Waals surface area contributed by atoms with Gasteiger partial charge in [0.25, 0.3) is 0 Å². The standard InChI is InChI=1S/C37H48ClN7O4/c1-36(2,3)49-35(48)45-23-29-10-6-5-9-28(29)22-32(45)33(46)41-31(21-27-11-13-30(38)14-12-27)34(47)42-17-19-43(20-18-42)37(15-7-4-8-16-37)24-44-26-39-25-40-44/h5-6,9-14,25-26,31-32H,4,7-8,15-24H2,1-3H3,(H,41,46)/t31-,32-/m1/s1. The highest BCUT2D eigenvalue weighted by Gasteiger charge is 2.42. The van der Waals surface area contributed by atoms with E-state index >= 15 is 0 Å². The highest BCUT2D eigenvalue weighted by atomic mass is 35.5. The minimum Gasteiger partial charge on any atom is -0.444 e. The highest BCUT2D eigenvalue weighted by Crippen LogP contribution is 2.36. The number of fused-ring (bicyclic) bond motifs is 1. The van der Waals surface area contributed by atoms with E-state index in [2.05, 4.69) is 20.3 Å². The van der Waals surface area contributed by atoms with Gasteiger partial charge >= 0.3 is 6.09 Å². The summed E-state index contributed by atoms with van der Waals surface area (Å²) in [6.45, 7) is 9.07. The largest absolute Gasteiger partial charge is 0.444 e. The number of piperazine rings is 1. The summed E-state index contributed by atoms with van der Waals surface area (Å²) in [6, 6.07) is 13.5. The van der Waals surface area contributed by atoms with Crippen LogP contribution in [0.4, 0.5) is 4.79 Å². The molecule has 1 aromatic heterocycles. The molecule has 0 radical (unpaired) electrons. The third-order valence-electron chi connectivity index (χ3n) is 10.1. The number of carbonyl (C=O) groups excluding carboxylic acids is 3. The summed E-state index contributed by atoms with van der Waals surface area (Å²) in [5, 5.41) is 8.10. The maximum atomic E-state index is 14.3. The molecule has 11 nitrogen and oxygen atoms in total. The molecule has 3 aromatic rings. The molecule has 49 heavy (non-hydrogen) atoms. The summed E-state index contributed by atoms with van der Waals surface area (Å²) in [5.74, 6) is -0.503. The fourth-order valence-electron chi connectivity index (χ4n) is 7.62. The first kappa shape index (κ1) is 34.9. The lowest BCUT2D eigenvalue weighted by molar-refractivity contribution is -0.140. The van der Waals surface area contributed by atoms with Gasteiger partial charge in [0, 0.05) is 49.6 Å². The molecular weight excluding hydrogens is 642 g/mol. The van der Waals surface area contributed by atoms with Crippen LogP contribution in [0.3, 0.4) is 0 Å². The Morgan fingerprint density at radius 1 is 0.980 bits per heavy atom. The van der Waals surface area contributed by atoms with E-state index in [1.807, 2.05) is 66.8 Å². The molecule has 1 aliphatic carbocycles. The average Bonchev–Trinajstić information content (AvgIpc) is 3.60. The van der Waals surface area contributed by atoms with Gasteiger partial charge in [0.15, 0.2) is 0 Å². The van der Waals surface area contributed by atoms with Gasteiger partial charge in [-0.25, -0.2) is 9.78 Å². The van der Waals surface area contributed by atoms with Crippen LogP contribution in [0, 0.1) is 0 Å². The summed E-state index contributed by atoms with van der Waals surface area (Å²) in [6.07, 6.45) is 9.22. The van der Waals surface area contributed by atoms with Crippen LogP contribution in [-0.4, -0.2) is 96.8 Å². The Labute approximate surface area is 293 Å². The number of amides is 3. The number of aromatic nitrogens is 3. The molecule has 0 bridgehead atoms. The molecule has 0 unspecified atom stereocenters. The van der Waals surface area contributed by atoms with Gasteiger partial charge in [-0.1, -0.05) is 67.3 Å². The molecule has 2 fully saturated rings. The molecule has 3 aliphatic rings. The Morgan fingerprint density at radius 2 is 1.67 bits per heavy atom. The Bertz CT molecular complexity index is 1590. The third-order valence-corrected chi connectivity index (χ3v) is 10.4. The average molecular weight is 690 g/mol. The van der Waals surface area contributed by atoms with Gasteiger partial charge in [0.05, 0.1) is 13.1 Å². The molecule has 1 saturated carbocycles. The van der Waals surface area contributed by atoms with E-state index in [1.54, 1.807) is 24.8 Å². The van der Waals surface area contributed by atoms with Gasteiger partial charge in [0.1, 0.15) is 30.3 Å². The normalized spacial score (nSPS) is 20.3. The second-order valence-electron chi connectivity index (χ2n) is 14.7. The van der Waals surface area contributed by atoms with E-state index < -0.39 is 23.8 Å². The molecule has 12 heteroatoms. The molecule has 3 heterocycles. The van der Waals surface area contributed by atoms with Crippen LogP contribution in [-0.2, 0) is 40.3 Å². The fraction of sp³-hybridized carbons (Fsp3) is 0.541.